The van der Waals surface area contributed by atoms with Crippen molar-refractivity contribution in [2.75, 3.05) is 31.3 Å². The molecule has 1 saturated heterocycles. The second kappa shape index (κ2) is 6.78. The van der Waals surface area contributed by atoms with Gasteiger partial charge in [0.1, 0.15) is 0 Å². The lowest BCUT2D eigenvalue weighted by atomic mass is 10.2. The third-order valence-corrected chi connectivity index (χ3v) is 3.59. The number of para-hydroxylation sites is 1. The van der Waals surface area contributed by atoms with Crippen molar-refractivity contribution in [3.05, 3.63) is 24.3 Å². The van der Waals surface area contributed by atoms with Crippen molar-refractivity contribution >= 4 is 23.4 Å². The maximum Gasteiger partial charge on any atom is 0.227 e. The Kier molecular flexibility index (Phi) is 5.04. The van der Waals surface area contributed by atoms with Gasteiger partial charge in [-0.3, -0.25) is 4.79 Å². The van der Waals surface area contributed by atoms with Gasteiger partial charge in [0.05, 0.1) is 24.8 Å². The Bertz CT molecular complexity index is 406. The summed E-state index contributed by atoms with van der Waals surface area (Å²) in [5.74, 6) is 0.00481. The number of ether oxygens (including phenoxy) is 1. The van der Waals surface area contributed by atoms with E-state index in [0.717, 1.165) is 23.7 Å². The summed E-state index contributed by atoms with van der Waals surface area (Å²) in [6, 6.07) is 7.81. The average Bonchev–Trinajstić information content (AvgIpc) is 2.40. The summed E-state index contributed by atoms with van der Waals surface area (Å²) >= 11 is 1.63. The van der Waals surface area contributed by atoms with E-state index in [9.17, 15) is 4.79 Å². The van der Waals surface area contributed by atoms with Crippen LogP contribution in [0.2, 0.25) is 0 Å². The van der Waals surface area contributed by atoms with E-state index < -0.39 is 0 Å². The van der Waals surface area contributed by atoms with Gasteiger partial charge < -0.3 is 15.4 Å². The molecular formula is C13H18N2O2S. The van der Waals surface area contributed by atoms with Gasteiger partial charge in [-0.25, -0.2) is 0 Å². The molecule has 18 heavy (non-hydrogen) atoms. The molecule has 1 unspecified atom stereocenters. The van der Waals surface area contributed by atoms with Crippen LogP contribution in [0.5, 0.6) is 0 Å². The summed E-state index contributed by atoms with van der Waals surface area (Å²) in [6.07, 6.45) is 2.38. The number of thioether (sulfide) groups is 1. The van der Waals surface area contributed by atoms with Crippen LogP contribution in [0.1, 0.15) is 6.42 Å². The number of rotatable bonds is 4. The Labute approximate surface area is 111 Å². The van der Waals surface area contributed by atoms with Gasteiger partial charge in [-0.2, -0.15) is 0 Å². The molecule has 2 N–H and O–H groups in total. The lowest BCUT2D eigenvalue weighted by Gasteiger charge is -2.23. The fourth-order valence-electron chi connectivity index (χ4n) is 1.91. The zero-order chi connectivity index (χ0) is 12.8. The highest BCUT2D eigenvalue weighted by Crippen LogP contribution is 2.24. The minimum Gasteiger partial charge on any atom is -0.375 e. The van der Waals surface area contributed by atoms with Crippen molar-refractivity contribution < 1.29 is 9.53 Å². The normalized spacial score (nSPS) is 19.5. The van der Waals surface area contributed by atoms with E-state index in [0.29, 0.717) is 13.0 Å². The van der Waals surface area contributed by atoms with E-state index >= 15 is 0 Å². The minimum atomic E-state index is -0.0137. The molecule has 2 rings (SSSR count). The summed E-state index contributed by atoms with van der Waals surface area (Å²) in [6.45, 7) is 2.30. The zero-order valence-electron chi connectivity index (χ0n) is 10.4. The fourth-order valence-corrected chi connectivity index (χ4v) is 2.46. The van der Waals surface area contributed by atoms with Crippen molar-refractivity contribution in [1.82, 2.24) is 5.32 Å². The highest BCUT2D eigenvalue weighted by atomic mass is 32.2. The molecule has 0 saturated carbocycles. The van der Waals surface area contributed by atoms with Gasteiger partial charge in [0.2, 0.25) is 5.91 Å². The quantitative estimate of drug-likeness (QED) is 0.815. The fraction of sp³-hybridized carbons (Fsp3) is 0.462. The number of benzene rings is 1. The van der Waals surface area contributed by atoms with Crippen LogP contribution in [0.15, 0.2) is 29.2 Å². The lowest BCUT2D eigenvalue weighted by Crippen LogP contribution is -2.40. The first-order valence-corrected chi connectivity index (χ1v) is 7.27. The number of hydrogen-bond acceptors (Lipinski definition) is 4. The van der Waals surface area contributed by atoms with Crippen LogP contribution in [0, 0.1) is 0 Å². The molecule has 4 nitrogen and oxygen atoms in total. The largest absolute Gasteiger partial charge is 0.375 e. The number of hydrogen-bond donors (Lipinski definition) is 2. The first-order chi connectivity index (χ1) is 8.79. The number of amides is 1. The van der Waals surface area contributed by atoms with Crippen LogP contribution in [0.4, 0.5) is 5.69 Å². The molecule has 1 heterocycles. The van der Waals surface area contributed by atoms with E-state index in [2.05, 4.69) is 10.6 Å². The van der Waals surface area contributed by atoms with E-state index in [1.807, 2.05) is 30.5 Å². The molecular weight excluding hydrogens is 248 g/mol. The topological polar surface area (TPSA) is 50.4 Å². The molecule has 1 aliphatic heterocycles. The number of anilines is 1. The molecule has 0 aromatic heterocycles. The number of morpholine rings is 1. The third kappa shape index (κ3) is 3.73. The molecule has 1 fully saturated rings. The lowest BCUT2D eigenvalue weighted by molar-refractivity contribution is -0.119. The van der Waals surface area contributed by atoms with Crippen molar-refractivity contribution in [1.29, 1.82) is 0 Å². The zero-order valence-corrected chi connectivity index (χ0v) is 11.3. The molecule has 1 aliphatic rings. The summed E-state index contributed by atoms with van der Waals surface area (Å²) in [7, 11) is 0. The van der Waals surface area contributed by atoms with Crippen molar-refractivity contribution in [3.63, 3.8) is 0 Å². The minimum absolute atomic E-state index is 0.00481. The van der Waals surface area contributed by atoms with Gasteiger partial charge in [0, 0.05) is 18.0 Å². The van der Waals surface area contributed by atoms with Crippen LogP contribution in [-0.2, 0) is 9.53 Å². The molecule has 5 heteroatoms. The highest BCUT2D eigenvalue weighted by molar-refractivity contribution is 7.98. The summed E-state index contributed by atoms with van der Waals surface area (Å²) in [5, 5.41) is 6.16. The summed E-state index contributed by atoms with van der Waals surface area (Å²) in [5.41, 5.74) is 0.874. The molecule has 1 amide bonds. The molecule has 1 aromatic carbocycles. The molecule has 0 spiro atoms. The molecule has 0 aliphatic carbocycles. The predicted molar refractivity (Wildman–Crippen MR) is 74.1 cm³/mol. The molecule has 98 valence electrons. The van der Waals surface area contributed by atoms with E-state index in [-0.39, 0.29) is 12.0 Å². The molecule has 0 bridgehead atoms. The third-order valence-electron chi connectivity index (χ3n) is 2.80. The smallest absolute Gasteiger partial charge is 0.227 e. The second-order valence-corrected chi connectivity index (χ2v) is 5.00. The molecule has 1 aromatic rings. The number of carbonyl (C=O) groups excluding carboxylic acids is 1. The van der Waals surface area contributed by atoms with E-state index in [1.165, 1.54) is 0 Å². The first-order valence-electron chi connectivity index (χ1n) is 6.05. The van der Waals surface area contributed by atoms with Crippen LogP contribution in [0.25, 0.3) is 0 Å². The van der Waals surface area contributed by atoms with Crippen LogP contribution >= 0.6 is 11.8 Å². The van der Waals surface area contributed by atoms with Gasteiger partial charge in [-0.05, 0) is 18.4 Å². The number of nitrogens with one attached hydrogen (secondary N) is 2. The van der Waals surface area contributed by atoms with Crippen LogP contribution in [0.3, 0.4) is 0 Å². The van der Waals surface area contributed by atoms with Gasteiger partial charge in [0.25, 0.3) is 0 Å². The van der Waals surface area contributed by atoms with Crippen molar-refractivity contribution in [2.24, 2.45) is 0 Å². The van der Waals surface area contributed by atoms with Crippen molar-refractivity contribution in [2.45, 2.75) is 17.4 Å². The SMILES string of the molecule is CSc1ccccc1NC(=O)CC1CNCCO1. The van der Waals surface area contributed by atoms with E-state index in [1.54, 1.807) is 11.8 Å². The Balaban J connectivity index is 1.90. The summed E-state index contributed by atoms with van der Waals surface area (Å²) < 4.78 is 5.51. The Morgan fingerprint density at radius 2 is 2.39 bits per heavy atom. The first kappa shape index (κ1) is 13.4. The molecule has 0 radical (unpaired) electrons. The van der Waals surface area contributed by atoms with Crippen LogP contribution in [-0.4, -0.2) is 38.0 Å². The maximum absolute atomic E-state index is 11.9. The van der Waals surface area contributed by atoms with E-state index in [4.69, 9.17) is 4.74 Å². The summed E-state index contributed by atoms with van der Waals surface area (Å²) in [4.78, 5) is 13.0. The Morgan fingerprint density at radius 1 is 1.56 bits per heavy atom. The highest BCUT2D eigenvalue weighted by Gasteiger charge is 2.17. The Morgan fingerprint density at radius 3 is 3.11 bits per heavy atom. The van der Waals surface area contributed by atoms with Crippen LogP contribution < -0.4 is 10.6 Å². The Hall–Kier alpha value is -1.04. The van der Waals surface area contributed by atoms with Gasteiger partial charge in [0.15, 0.2) is 0 Å². The predicted octanol–water partition coefficient (Wildman–Crippen LogP) is 1.73. The monoisotopic (exact) mass is 266 g/mol. The van der Waals surface area contributed by atoms with Gasteiger partial charge in [-0.1, -0.05) is 12.1 Å². The van der Waals surface area contributed by atoms with Gasteiger partial charge >= 0.3 is 0 Å². The number of carbonyl (C=O) groups is 1. The van der Waals surface area contributed by atoms with Crippen molar-refractivity contribution in [3.8, 4) is 0 Å². The second-order valence-electron chi connectivity index (χ2n) is 4.15. The maximum atomic E-state index is 11.9. The molecule has 1 atom stereocenters. The average molecular weight is 266 g/mol. The van der Waals surface area contributed by atoms with Gasteiger partial charge in [-0.15, -0.1) is 11.8 Å². The standard InChI is InChI=1S/C13H18N2O2S/c1-18-12-5-3-2-4-11(12)15-13(16)8-10-9-14-6-7-17-10/h2-5,10,14H,6-9H2,1H3,(H,15,16).